The van der Waals surface area contributed by atoms with Crippen LogP contribution in [-0.2, 0) is 11.3 Å². The van der Waals surface area contributed by atoms with E-state index in [-0.39, 0.29) is 5.56 Å². The molecule has 0 aliphatic heterocycles. The summed E-state index contributed by atoms with van der Waals surface area (Å²) in [6.45, 7) is 0.330. The Hall–Kier alpha value is -3.25. The molecule has 0 atom stereocenters. The van der Waals surface area contributed by atoms with Crippen molar-refractivity contribution in [2.45, 2.75) is 6.54 Å². The van der Waals surface area contributed by atoms with Crippen LogP contribution in [0.5, 0.6) is 0 Å². The van der Waals surface area contributed by atoms with Crippen LogP contribution in [0.25, 0.3) is 21.3 Å². The van der Waals surface area contributed by atoms with Crippen LogP contribution in [0, 0.1) is 0 Å². The molecule has 4 rings (SSSR count). The molecule has 2 heterocycles. The number of aromatic nitrogens is 2. The topological polar surface area (TPSA) is 61.2 Å². The first-order chi connectivity index (χ1) is 13.2. The Morgan fingerprint density at radius 1 is 1.15 bits per heavy atom. The van der Waals surface area contributed by atoms with E-state index in [4.69, 9.17) is 4.74 Å². The van der Waals surface area contributed by atoms with Crippen molar-refractivity contribution >= 4 is 27.5 Å². The van der Waals surface area contributed by atoms with Gasteiger partial charge in [-0.2, -0.15) is 0 Å². The highest BCUT2D eigenvalue weighted by molar-refractivity contribution is 7.17. The number of hydrogen-bond donors (Lipinski definition) is 0. The summed E-state index contributed by atoms with van der Waals surface area (Å²) < 4.78 is 6.33. The number of hydrogen-bond acceptors (Lipinski definition) is 5. The fourth-order valence-electron chi connectivity index (χ4n) is 3.02. The highest BCUT2D eigenvalue weighted by Gasteiger charge is 2.14. The van der Waals surface area contributed by atoms with Crippen LogP contribution in [0.4, 0.5) is 0 Å². The number of carbonyl (C=O) groups is 1. The maximum Gasteiger partial charge on any atom is 0.337 e. The fraction of sp³-hybridized carbons (Fsp3) is 0.0952. The van der Waals surface area contributed by atoms with Gasteiger partial charge >= 0.3 is 5.97 Å². The molecule has 134 valence electrons. The molecule has 0 N–H and O–H groups in total. The van der Waals surface area contributed by atoms with Crippen molar-refractivity contribution in [2.24, 2.45) is 0 Å². The monoisotopic (exact) mass is 376 g/mol. The number of nitrogens with zero attached hydrogens (tertiary/aromatic N) is 2. The number of methoxy groups -OCH3 is 1. The average molecular weight is 376 g/mol. The van der Waals surface area contributed by atoms with Crippen molar-refractivity contribution in [3.63, 3.8) is 0 Å². The SMILES string of the molecule is COC(=O)c1cccc(Cn2cnc3scc(-c4ccccc4)c3c2=O)c1. The first kappa shape index (κ1) is 17.2. The predicted octanol–water partition coefficient (Wildman–Crippen LogP) is 3.96. The third-order valence-electron chi connectivity index (χ3n) is 4.35. The summed E-state index contributed by atoms with van der Waals surface area (Å²) in [5.74, 6) is -0.401. The van der Waals surface area contributed by atoms with Gasteiger partial charge in [0, 0.05) is 10.9 Å². The second-order valence-corrected chi connectivity index (χ2v) is 6.92. The molecule has 5 nitrogen and oxygen atoms in total. The summed E-state index contributed by atoms with van der Waals surface area (Å²) in [7, 11) is 1.35. The molecule has 0 aliphatic rings. The molecule has 0 fully saturated rings. The van der Waals surface area contributed by atoms with Gasteiger partial charge in [-0.05, 0) is 23.3 Å². The van der Waals surface area contributed by atoms with Crippen molar-refractivity contribution < 1.29 is 9.53 Å². The van der Waals surface area contributed by atoms with Gasteiger partial charge in [0.05, 0.1) is 30.9 Å². The van der Waals surface area contributed by atoms with Gasteiger partial charge in [-0.1, -0.05) is 42.5 Å². The maximum absolute atomic E-state index is 13.1. The van der Waals surface area contributed by atoms with Gasteiger partial charge in [0.25, 0.3) is 5.56 Å². The lowest BCUT2D eigenvalue weighted by Crippen LogP contribution is -2.21. The molecule has 0 spiro atoms. The molecule has 4 aromatic rings. The Labute approximate surface area is 159 Å². The van der Waals surface area contributed by atoms with Crippen LogP contribution in [-0.4, -0.2) is 22.6 Å². The van der Waals surface area contributed by atoms with Gasteiger partial charge in [0.1, 0.15) is 4.83 Å². The molecule has 27 heavy (non-hydrogen) atoms. The van der Waals surface area contributed by atoms with Crippen molar-refractivity contribution in [3.05, 3.63) is 87.8 Å². The lowest BCUT2D eigenvalue weighted by atomic mass is 10.1. The molecular weight excluding hydrogens is 360 g/mol. The normalized spacial score (nSPS) is 10.9. The molecule has 2 aromatic carbocycles. The summed E-state index contributed by atoms with van der Waals surface area (Å²) in [5, 5.41) is 2.59. The summed E-state index contributed by atoms with van der Waals surface area (Å²) in [6, 6.07) is 16.9. The number of fused-ring (bicyclic) bond motifs is 1. The summed E-state index contributed by atoms with van der Waals surface area (Å²) >= 11 is 1.46. The Balaban J connectivity index is 1.77. The molecular formula is C21H16N2O3S. The third-order valence-corrected chi connectivity index (χ3v) is 5.23. The third kappa shape index (κ3) is 3.27. The molecule has 6 heteroatoms. The summed E-state index contributed by atoms with van der Waals surface area (Å²) in [4.78, 5) is 30.0. The summed E-state index contributed by atoms with van der Waals surface area (Å²) in [5.41, 5.74) is 3.08. The number of carbonyl (C=O) groups excluding carboxylic acids is 1. The smallest absolute Gasteiger partial charge is 0.337 e. The first-order valence-corrected chi connectivity index (χ1v) is 9.24. The van der Waals surface area contributed by atoms with Crippen LogP contribution in [0.15, 0.2) is 71.1 Å². The zero-order valence-corrected chi connectivity index (χ0v) is 15.4. The standard InChI is InChI=1S/C21H16N2O3S/c1-26-21(25)16-9-5-6-14(10-16)11-23-13-22-19-18(20(23)24)17(12-27-19)15-7-3-2-4-8-15/h2-10,12-13H,11H2,1H3. The van der Waals surface area contributed by atoms with Gasteiger partial charge in [0.2, 0.25) is 0 Å². The highest BCUT2D eigenvalue weighted by atomic mass is 32.1. The lowest BCUT2D eigenvalue weighted by Gasteiger charge is -2.08. The zero-order chi connectivity index (χ0) is 18.8. The van der Waals surface area contributed by atoms with Crippen molar-refractivity contribution in [1.29, 1.82) is 0 Å². The van der Waals surface area contributed by atoms with Crippen LogP contribution in [0.1, 0.15) is 15.9 Å². The van der Waals surface area contributed by atoms with Gasteiger partial charge < -0.3 is 4.74 Å². The molecule has 0 unspecified atom stereocenters. The minimum absolute atomic E-state index is 0.0939. The average Bonchev–Trinajstić information content (AvgIpc) is 3.15. The van der Waals surface area contributed by atoms with E-state index in [1.165, 1.54) is 18.4 Å². The van der Waals surface area contributed by atoms with E-state index in [1.807, 2.05) is 41.8 Å². The minimum atomic E-state index is -0.401. The van der Waals surface area contributed by atoms with E-state index >= 15 is 0 Å². The number of rotatable bonds is 4. The van der Waals surface area contributed by atoms with Crippen LogP contribution in [0.3, 0.4) is 0 Å². The molecule has 2 aromatic heterocycles. The van der Waals surface area contributed by atoms with E-state index in [1.54, 1.807) is 29.1 Å². The number of ether oxygens (including phenoxy) is 1. The second kappa shape index (κ2) is 7.17. The van der Waals surface area contributed by atoms with Gasteiger partial charge in [0.15, 0.2) is 0 Å². The van der Waals surface area contributed by atoms with Crippen LogP contribution < -0.4 is 5.56 Å². The lowest BCUT2D eigenvalue weighted by molar-refractivity contribution is 0.0600. The summed E-state index contributed by atoms with van der Waals surface area (Å²) in [6.07, 6.45) is 1.56. The Kier molecular flexibility index (Phi) is 4.56. The van der Waals surface area contributed by atoms with E-state index in [9.17, 15) is 9.59 Å². The number of esters is 1. The Morgan fingerprint density at radius 3 is 2.74 bits per heavy atom. The zero-order valence-electron chi connectivity index (χ0n) is 14.6. The van der Waals surface area contributed by atoms with Gasteiger partial charge in [-0.15, -0.1) is 11.3 Å². The maximum atomic E-state index is 13.1. The van der Waals surface area contributed by atoms with Crippen molar-refractivity contribution in [2.75, 3.05) is 7.11 Å². The van der Waals surface area contributed by atoms with Crippen LogP contribution >= 0.6 is 11.3 Å². The molecule has 0 radical (unpaired) electrons. The van der Waals surface area contributed by atoms with Gasteiger partial charge in [-0.25, -0.2) is 9.78 Å². The Bertz CT molecular complexity index is 1180. The van der Waals surface area contributed by atoms with E-state index < -0.39 is 5.97 Å². The van der Waals surface area contributed by atoms with E-state index in [0.717, 1.165) is 21.5 Å². The van der Waals surface area contributed by atoms with E-state index in [0.29, 0.717) is 17.5 Å². The molecule has 0 saturated heterocycles. The number of thiophene rings is 1. The van der Waals surface area contributed by atoms with Crippen molar-refractivity contribution in [3.8, 4) is 11.1 Å². The predicted molar refractivity (Wildman–Crippen MR) is 106 cm³/mol. The molecule has 0 bridgehead atoms. The molecule has 0 amide bonds. The molecule has 0 aliphatic carbocycles. The van der Waals surface area contributed by atoms with E-state index in [2.05, 4.69) is 4.98 Å². The highest BCUT2D eigenvalue weighted by Crippen LogP contribution is 2.30. The van der Waals surface area contributed by atoms with Gasteiger partial charge in [-0.3, -0.25) is 9.36 Å². The molecule has 0 saturated carbocycles. The fourth-order valence-corrected chi connectivity index (χ4v) is 3.93. The van der Waals surface area contributed by atoms with Crippen LogP contribution in [0.2, 0.25) is 0 Å². The Morgan fingerprint density at radius 2 is 1.96 bits per heavy atom. The largest absolute Gasteiger partial charge is 0.465 e. The van der Waals surface area contributed by atoms with Crippen molar-refractivity contribution in [1.82, 2.24) is 9.55 Å². The first-order valence-electron chi connectivity index (χ1n) is 8.36. The second-order valence-electron chi connectivity index (χ2n) is 6.07. The minimum Gasteiger partial charge on any atom is -0.465 e. The number of benzene rings is 2. The quantitative estimate of drug-likeness (QED) is 0.506.